The molecular formula is C17H16ClF2N3O. The number of aromatic nitrogens is 1. The first-order chi connectivity index (χ1) is 11.5. The number of carbonyl (C=O) groups is 1. The summed E-state index contributed by atoms with van der Waals surface area (Å²) >= 11 is 5.72. The molecule has 0 unspecified atom stereocenters. The molecule has 1 aromatic heterocycles. The van der Waals surface area contributed by atoms with Gasteiger partial charge < -0.3 is 4.90 Å². The van der Waals surface area contributed by atoms with Gasteiger partial charge >= 0.3 is 0 Å². The monoisotopic (exact) mass is 351 g/mol. The van der Waals surface area contributed by atoms with Crippen LogP contribution in [0, 0.1) is 11.6 Å². The van der Waals surface area contributed by atoms with Crippen LogP contribution < -0.4 is 0 Å². The number of amides is 1. The van der Waals surface area contributed by atoms with Crippen LogP contribution in [-0.4, -0.2) is 46.9 Å². The Morgan fingerprint density at radius 1 is 1.12 bits per heavy atom. The number of pyridine rings is 1. The Labute approximate surface area is 143 Å². The SMILES string of the molecule is O=C(c1ccc(Cl)nc1)N1CCN(Cc2cc(F)ccc2F)CC1. The van der Waals surface area contributed by atoms with Crippen molar-refractivity contribution in [3.05, 3.63) is 64.4 Å². The minimum atomic E-state index is -0.449. The Morgan fingerprint density at radius 3 is 2.54 bits per heavy atom. The molecular weight excluding hydrogens is 336 g/mol. The van der Waals surface area contributed by atoms with Crippen molar-refractivity contribution < 1.29 is 13.6 Å². The van der Waals surface area contributed by atoms with Gasteiger partial charge in [-0.1, -0.05) is 11.6 Å². The third kappa shape index (κ3) is 3.88. The minimum absolute atomic E-state index is 0.101. The second kappa shape index (κ2) is 7.23. The van der Waals surface area contributed by atoms with Gasteiger partial charge in [-0.05, 0) is 30.3 Å². The molecule has 24 heavy (non-hydrogen) atoms. The van der Waals surface area contributed by atoms with Gasteiger partial charge in [0.05, 0.1) is 5.56 Å². The number of rotatable bonds is 3. The van der Waals surface area contributed by atoms with E-state index in [4.69, 9.17) is 11.6 Å². The molecule has 3 rings (SSSR count). The van der Waals surface area contributed by atoms with E-state index < -0.39 is 11.6 Å². The number of piperazine rings is 1. The zero-order valence-electron chi connectivity index (χ0n) is 12.9. The second-order valence-corrected chi connectivity index (χ2v) is 6.06. The summed E-state index contributed by atoms with van der Waals surface area (Å²) in [5.41, 5.74) is 0.820. The van der Waals surface area contributed by atoms with E-state index in [1.54, 1.807) is 17.0 Å². The van der Waals surface area contributed by atoms with Crippen LogP contribution in [0.15, 0.2) is 36.5 Å². The summed E-state index contributed by atoms with van der Waals surface area (Å²) in [7, 11) is 0. The summed E-state index contributed by atoms with van der Waals surface area (Å²) in [4.78, 5) is 20.0. The van der Waals surface area contributed by atoms with E-state index in [0.29, 0.717) is 49.0 Å². The zero-order valence-corrected chi connectivity index (χ0v) is 13.6. The molecule has 4 nitrogen and oxygen atoms in total. The third-order valence-electron chi connectivity index (χ3n) is 4.04. The van der Waals surface area contributed by atoms with Gasteiger partial charge in [0.15, 0.2) is 0 Å². The van der Waals surface area contributed by atoms with Gasteiger partial charge in [-0.15, -0.1) is 0 Å². The lowest BCUT2D eigenvalue weighted by atomic mass is 10.1. The van der Waals surface area contributed by atoms with Crippen LogP contribution in [-0.2, 0) is 6.54 Å². The van der Waals surface area contributed by atoms with Crippen molar-refractivity contribution >= 4 is 17.5 Å². The Kier molecular flexibility index (Phi) is 5.06. The Bertz CT molecular complexity index is 731. The summed E-state index contributed by atoms with van der Waals surface area (Å²) in [5, 5.41) is 0.341. The highest BCUT2D eigenvalue weighted by atomic mass is 35.5. The molecule has 0 atom stereocenters. The first kappa shape index (κ1) is 16.8. The molecule has 0 bridgehead atoms. The fraction of sp³-hybridized carbons (Fsp3) is 0.294. The average molecular weight is 352 g/mol. The van der Waals surface area contributed by atoms with E-state index in [2.05, 4.69) is 4.98 Å². The van der Waals surface area contributed by atoms with Crippen LogP contribution in [0.1, 0.15) is 15.9 Å². The Balaban J connectivity index is 1.58. The molecule has 1 aliphatic rings. The molecule has 0 radical (unpaired) electrons. The number of benzene rings is 1. The van der Waals surface area contributed by atoms with E-state index >= 15 is 0 Å². The maximum atomic E-state index is 13.7. The van der Waals surface area contributed by atoms with Gasteiger partial charge in [-0.25, -0.2) is 13.8 Å². The standard InChI is InChI=1S/C17H16ClF2N3O/c18-16-4-1-12(10-21-16)17(24)23-7-5-22(6-8-23)11-13-9-14(19)2-3-15(13)20/h1-4,9-10H,5-8,11H2. The van der Waals surface area contributed by atoms with Crippen LogP contribution in [0.25, 0.3) is 0 Å². The molecule has 7 heteroatoms. The van der Waals surface area contributed by atoms with Crippen molar-refractivity contribution in [3.8, 4) is 0 Å². The molecule has 126 valence electrons. The van der Waals surface area contributed by atoms with Gasteiger partial charge in [-0.3, -0.25) is 9.69 Å². The van der Waals surface area contributed by atoms with E-state index in [1.807, 2.05) is 4.90 Å². The fourth-order valence-electron chi connectivity index (χ4n) is 2.70. The van der Waals surface area contributed by atoms with Crippen molar-refractivity contribution in [2.24, 2.45) is 0 Å². The van der Waals surface area contributed by atoms with Gasteiger partial charge in [0.1, 0.15) is 16.8 Å². The number of hydrogen-bond donors (Lipinski definition) is 0. The molecule has 0 saturated carbocycles. The summed E-state index contributed by atoms with van der Waals surface area (Å²) in [6.45, 7) is 2.58. The fourth-order valence-corrected chi connectivity index (χ4v) is 2.81. The zero-order chi connectivity index (χ0) is 17.1. The quantitative estimate of drug-likeness (QED) is 0.798. The number of nitrogens with zero attached hydrogens (tertiary/aromatic N) is 3. The highest BCUT2D eigenvalue weighted by Crippen LogP contribution is 2.15. The summed E-state index contributed by atoms with van der Waals surface area (Å²) in [6, 6.07) is 6.68. The van der Waals surface area contributed by atoms with Crippen molar-refractivity contribution in [2.75, 3.05) is 26.2 Å². The summed E-state index contributed by atoms with van der Waals surface area (Å²) in [5.74, 6) is -0.964. The Hall–Kier alpha value is -2.05. The topological polar surface area (TPSA) is 36.4 Å². The van der Waals surface area contributed by atoms with Gasteiger partial charge in [0, 0.05) is 44.5 Å². The predicted octanol–water partition coefficient (Wildman–Crippen LogP) is 2.97. The highest BCUT2D eigenvalue weighted by Gasteiger charge is 2.23. The lowest BCUT2D eigenvalue weighted by molar-refractivity contribution is 0.0626. The first-order valence-corrected chi connectivity index (χ1v) is 7.98. The van der Waals surface area contributed by atoms with Crippen molar-refractivity contribution in [2.45, 2.75) is 6.54 Å². The van der Waals surface area contributed by atoms with Gasteiger partial charge in [-0.2, -0.15) is 0 Å². The highest BCUT2D eigenvalue weighted by molar-refractivity contribution is 6.29. The molecule has 2 aromatic rings. The first-order valence-electron chi connectivity index (χ1n) is 7.60. The molecule has 1 aliphatic heterocycles. The second-order valence-electron chi connectivity index (χ2n) is 5.67. The lowest BCUT2D eigenvalue weighted by Gasteiger charge is -2.34. The number of hydrogen-bond acceptors (Lipinski definition) is 3. The normalized spacial score (nSPS) is 15.5. The predicted molar refractivity (Wildman–Crippen MR) is 86.8 cm³/mol. The van der Waals surface area contributed by atoms with Crippen LogP contribution in [0.2, 0.25) is 5.15 Å². The Morgan fingerprint density at radius 2 is 1.88 bits per heavy atom. The molecule has 0 spiro atoms. The maximum Gasteiger partial charge on any atom is 0.255 e. The van der Waals surface area contributed by atoms with E-state index in [1.165, 1.54) is 12.3 Å². The molecule has 1 aromatic carbocycles. The van der Waals surface area contributed by atoms with Gasteiger partial charge in [0.2, 0.25) is 0 Å². The van der Waals surface area contributed by atoms with Crippen LogP contribution >= 0.6 is 11.6 Å². The summed E-state index contributed by atoms with van der Waals surface area (Å²) in [6.07, 6.45) is 1.46. The van der Waals surface area contributed by atoms with Crippen LogP contribution in [0.4, 0.5) is 8.78 Å². The minimum Gasteiger partial charge on any atom is -0.336 e. The van der Waals surface area contributed by atoms with Crippen molar-refractivity contribution in [1.29, 1.82) is 0 Å². The van der Waals surface area contributed by atoms with E-state index in [0.717, 1.165) is 12.1 Å². The van der Waals surface area contributed by atoms with E-state index in [-0.39, 0.29) is 5.91 Å². The smallest absolute Gasteiger partial charge is 0.255 e. The molecule has 1 saturated heterocycles. The lowest BCUT2D eigenvalue weighted by Crippen LogP contribution is -2.48. The molecule has 0 N–H and O–H groups in total. The number of carbonyl (C=O) groups excluding carboxylic acids is 1. The molecule has 1 fully saturated rings. The third-order valence-corrected chi connectivity index (χ3v) is 4.26. The van der Waals surface area contributed by atoms with Crippen molar-refractivity contribution in [1.82, 2.24) is 14.8 Å². The summed E-state index contributed by atoms with van der Waals surface area (Å²) < 4.78 is 26.9. The van der Waals surface area contributed by atoms with E-state index in [9.17, 15) is 13.6 Å². The molecule has 1 amide bonds. The number of halogens is 3. The molecule has 2 heterocycles. The van der Waals surface area contributed by atoms with Crippen molar-refractivity contribution in [3.63, 3.8) is 0 Å². The van der Waals surface area contributed by atoms with Gasteiger partial charge in [0.25, 0.3) is 5.91 Å². The van der Waals surface area contributed by atoms with Crippen LogP contribution in [0.3, 0.4) is 0 Å². The largest absolute Gasteiger partial charge is 0.336 e. The maximum absolute atomic E-state index is 13.7. The van der Waals surface area contributed by atoms with Crippen LogP contribution in [0.5, 0.6) is 0 Å². The molecule has 0 aliphatic carbocycles. The average Bonchev–Trinajstić information content (AvgIpc) is 2.59.